The van der Waals surface area contributed by atoms with Gasteiger partial charge in [-0.1, -0.05) is 0 Å². The number of rotatable bonds is 6. The van der Waals surface area contributed by atoms with Crippen molar-refractivity contribution in [3.8, 4) is 11.4 Å². The van der Waals surface area contributed by atoms with E-state index >= 15 is 0 Å². The molecule has 0 spiro atoms. The van der Waals surface area contributed by atoms with Gasteiger partial charge in [0.15, 0.2) is 5.13 Å². The van der Waals surface area contributed by atoms with Crippen LogP contribution in [0.3, 0.4) is 0 Å². The fraction of sp³-hybridized carbons (Fsp3) is 0.462. The second-order valence-electron chi connectivity index (χ2n) is 4.56. The third kappa shape index (κ3) is 4.44. The second kappa shape index (κ2) is 8.14. The molecule has 0 aliphatic rings. The quantitative estimate of drug-likeness (QED) is 0.526. The maximum Gasteiger partial charge on any atom is 0.323 e. The number of anilines is 1. The third-order valence-corrected chi connectivity index (χ3v) is 3.90. The third-order valence-electron chi connectivity index (χ3n) is 2.96. The number of nitrogen functional groups attached to an aromatic ring is 1. The van der Waals surface area contributed by atoms with Gasteiger partial charge in [-0.05, 0) is 26.7 Å². The molecule has 0 atom stereocenters. The Labute approximate surface area is 142 Å². The van der Waals surface area contributed by atoms with E-state index in [1.165, 1.54) is 11.3 Å². The average molecular weight is 390 g/mol. The minimum atomic E-state index is -0.272. The van der Waals surface area contributed by atoms with Crippen molar-refractivity contribution in [3.63, 3.8) is 0 Å². The monoisotopic (exact) mass is 389 g/mol. The van der Waals surface area contributed by atoms with Crippen LogP contribution in [0.15, 0.2) is 4.79 Å². The predicted molar refractivity (Wildman–Crippen MR) is 81.2 cm³/mol. The summed E-state index contributed by atoms with van der Waals surface area (Å²) in [5, 5.41) is 0.442. The van der Waals surface area contributed by atoms with Gasteiger partial charge in [-0.25, -0.2) is 9.78 Å². The minimum absolute atomic E-state index is 0. The van der Waals surface area contributed by atoms with Gasteiger partial charge in [-0.3, -0.25) is 4.79 Å². The van der Waals surface area contributed by atoms with Crippen LogP contribution in [0.5, 0.6) is 0 Å². The Kier molecular flexibility index (Phi) is 6.82. The Morgan fingerprint density at radius 2 is 2.14 bits per heavy atom. The first-order valence-electron chi connectivity index (χ1n) is 6.71. The molecule has 2 rings (SSSR count). The molecule has 0 radical (unpaired) electrons. The normalized spacial score (nSPS) is 10.3. The molecule has 0 unspecified atom stereocenters. The van der Waals surface area contributed by atoms with Crippen LogP contribution in [0, 0.1) is 6.92 Å². The van der Waals surface area contributed by atoms with E-state index < -0.39 is 0 Å². The van der Waals surface area contributed by atoms with Crippen molar-refractivity contribution < 1.29 is 26.5 Å². The summed E-state index contributed by atoms with van der Waals surface area (Å²) in [6, 6.07) is 0. The van der Waals surface area contributed by atoms with Gasteiger partial charge in [0.25, 0.3) is 0 Å². The lowest BCUT2D eigenvalue weighted by Crippen LogP contribution is -3.00. The van der Waals surface area contributed by atoms with Crippen molar-refractivity contribution in [2.45, 2.75) is 33.1 Å². The molecule has 0 aliphatic carbocycles. The van der Waals surface area contributed by atoms with Crippen molar-refractivity contribution >= 4 is 22.4 Å². The van der Waals surface area contributed by atoms with Crippen LogP contribution in [0.4, 0.5) is 5.13 Å². The number of esters is 1. The number of hydrogen-bond donors (Lipinski definition) is 3. The van der Waals surface area contributed by atoms with Crippen LogP contribution in [0.25, 0.3) is 11.4 Å². The molecule has 4 N–H and O–H groups in total. The van der Waals surface area contributed by atoms with Gasteiger partial charge in [0, 0.05) is 17.0 Å². The number of nitrogens with zero attached hydrogens (tertiary/aromatic N) is 1. The Bertz CT molecular complexity index is 692. The number of ether oxygens (including phenoxy) is 1. The number of nitrogens with one attached hydrogen (secondary N) is 2. The van der Waals surface area contributed by atoms with Crippen LogP contribution in [0.1, 0.15) is 30.3 Å². The number of hydrogen-bond acceptors (Lipinski definition) is 6. The Morgan fingerprint density at radius 3 is 2.73 bits per heavy atom. The minimum Gasteiger partial charge on any atom is -1.00 e. The molecule has 0 bridgehead atoms. The largest absolute Gasteiger partial charge is 1.00 e. The van der Waals surface area contributed by atoms with E-state index in [0.717, 1.165) is 10.6 Å². The van der Waals surface area contributed by atoms with Crippen molar-refractivity contribution in [3.05, 3.63) is 21.1 Å². The van der Waals surface area contributed by atoms with Crippen LogP contribution in [-0.4, -0.2) is 27.5 Å². The molecule has 0 saturated heterocycles. The molecule has 122 valence electrons. The first kappa shape index (κ1) is 18.4. The Morgan fingerprint density at radius 1 is 1.41 bits per heavy atom. The summed E-state index contributed by atoms with van der Waals surface area (Å²) in [7, 11) is 0. The highest BCUT2D eigenvalue weighted by atomic mass is 79.9. The number of aromatic nitrogens is 3. The molecule has 2 aromatic heterocycles. The highest BCUT2D eigenvalue weighted by Gasteiger charge is 2.16. The molecule has 2 aromatic rings. The number of thiazole rings is 1. The smallest absolute Gasteiger partial charge is 0.323 e. The summed E-state index contributed by atoms with van der Waals surface area (Å²) < 4.78 is 4.89. The van der Waals surface area contributed by atoms with Gasteiger partial charge in [0.1, 0.15) is 5.69 Å². The van der Waals surface area contributed by atoms with Crippen molar-refractivity contribution in [2.24, 2.45) is 0 Å². The van der Waals surface area contributed by atoms with E-state index in [4.69, 9.17) is 10.5 Å². The van der Waals surface area contributed by atoms with E-state index in [9.17, 15) is 9.59 Å². The van der Waals surface area contributed by atoms with Gasteiger partial charge in [-0.2, -0.15) is 0 Å². The highest BCUT2D eigenvalue weighted by molar-refractivity contribution is 7.15. The van der Waals surface area contributed by atoms with Gasteiger partial charge in [0.2, 0.25) is 0 Å². The van der Waals surface area contributed by atoms with E-state index in [0.29, 0.717) is 42.4 Å². The molecule has 0 aromatic carbocycles. The average Bonchev–Trinajstić information content (AvgIpc) is 2.92. The number of carbonyl (C=O) groups is 1. The lowest BCUT2D eigenvalue weighted by molar-refractivity contribution is -0.143. The van der Waals surface area contributed by atoms with Crippen LogP contribution in [0.2, 0.25) is 0 Å². The molecule has 7 nitrogen and oxygen atoms in total. The molecule has 22 heavy (non-hydrogen) atoms. The molecule has 0 fully saturated rings. The lowest BCUT2D eigenvalue weighted by Gasteiger charge is -2.02. The number of H-pyrrole nitrogens is 2. The van der Waals surface area contributed by atoms with Crippen molar-refractivity contribution in [1.82, 2.24) is 15.0 Å². The summed E-state index contributed by atoms with van der Waals surface area (Å²) in [6.07, 6.45) is 1.67. The Balaban J connectivity index is 0.00000242. The van der Waals surface area contributed by atoms with Gasteiger partial charge < -0.3 is 37.4 Å². The molecular formula is C13H18BrN4O3S-. The molecule has 9 heteroatoms. The number of imidazole rings is 1. The van der Waals surface area contributed by atoms with Crippen LogP contribution >= 0.6 is 11.3 Å². The summed E-state index contributed by atoms with van der Waals surface area (Å²) >= 11 is 1.37. The first-order valence-corrected chi connectivity index (χ1v) is 7.53. The first-order chi connectivity index (χ1) is 10.0. The number of nitrogens with two attached hydrogens (primary N) is 1. The standard InChI is InChI=1S/C13H18N4O3S.BrH/c1-3-20-9(18)6-4-5-8-11(16-12(14)21-8)10-7(2)15-13(19)17-10;/h3-6H2,1-2H3,(H2,14,16)(H2,15,17,19);1H/p-1. The van der Waals surface area contributed by atoms with Gasteiger partial charge >= 0.3 is 11.7 Å². The Hall–Kier alpha value is -1.61. The van der Waals surface area contributed by atoms with E-state index in [1.54, 1.807) is 13.8 Å². The number of carbonyl (C=O) groups excluding carboxylic acids is 1. The second-order valence-corrected chi connectivity index (χ2v) is 5.68. The number of aromatic amines is 2. The lowest BCUT2D eigenvalue weighted by atomic mass is 10.1. The summed E-state index contributed by atoms with van der Waals surface area (Å²) in [5.74, 6) is -0.206. The van der Waals surface area contributed by atoms with Crippen LogP contribution in [-0.2, 0) is 16.0 Å². The number of halogens is 1. The summed E-state index contributed by atoms with van der Waals surface area (Å²) in [4.78, 5) is 33.3. The van der Waals surface area contributed by atoms with Crippen molar-refractivity contribution in [1.29, 1.82) is 0 Å². The highest BCUT2D eigenvalue weighted by Crippen LogP contribution is 2.30. The summed E-state index contributed by atoms with van der Waals surface area (Å²) in [6.45, 7) is 3.97. The topological polar surface area (TPSA) is 114 Å². The van der Waals surface area contributed by atoms with Gasteiger partial charge in [0.05, 0.1) is 12.3 Å². The van der Waals surface area contributed by atoms with E-state index in [2.05, 4.69) is 15.0 Å². The number of aryl methyl sites for hydroxylation is 2. The van der Waals surface area contributed by atoms with Crippen LogP contribution < -0.4 is 28.4 Å². The fourth-order valence-electron chi connectivity index (χ4n) is 2.07. The maximum absolute atomic E-state index is 11.3. The zero-order valence-electron chi connectivity index (χ0n) is 12.4. The maximum atomic E-state index is 11.3. The van der Waals surface area contributed by atoms with E-state index in [1.807, 2.05) is 0 Å². The van der Waals surface area contributed by atoms with Gasteiger partial charge in [-0.15, -0.1) is 11.3 Å². The SMILES string of the molecule is CCOC(=O)CCCc1sc(N)nc1-c1[nH]c(=O)[nH]c1C.[Br-]. The molecule has 0 aliphatic heterocycles. The molecule has 2 heterocycles. The molecule has 0 amide bonds. The zero-order valence-corrected chi connectivity index (χ0v) is 14.8. The molecular weight excluding hydrogens is 372 g/mol. The fourth-order valence-corrected chi connectivity index (χ4v) is 2.95. The molecule has 0 saturated carbocycles. The van der Waals surface area contributed by atoms with E-state index in [-0.39, 0.29) is 28.6 Å². The summed E-state index contributed by atoms with van der Waals surface area (Å²) in [5.41, 5.74) is 7.54. The predicted octanol–water partition coefficient (Wildman–Crippen LogP) is -1.39. The van der Waals surface area contributed by atoms with Crippen molar-refractivity contribution in [2.75, 3.05) is 12.3 Å². The zero-order chi connectivity index (χ0) is 15.4.